The number of rotatable bonds is 8. The Bertz CT molecular complexity index is 1080. The molecule has 164 valence electrons. The number of halogens is 1. The quantitative estimate of drug-likeness (QED) is 0.429. The second-order valence-corrected chi connectivity index (χ2v) is 9.36. The number of hydrogen-bond donors (Lipinski definition) is 1. The van der Waals surface area contributed by atoms with E-state index in [0.717, 1.165) is 34.1 Å². The zero-order valence-electron chi connectivity index (χ0n) is 17.9. The lowest BCUT2D eigenvalue weighted by atomic mass is 10.1. The van der Waals surface area contributed by atoms with E-state index in [1.54, 1.807) is 30.9 Å². The fourth-order valence-corrected chi connectivity index (χ4v) is 4.44. The van der Waals surface area contributed by atoms with Crippen LogP contribution in [0.15, 0.2) is 77.7 Å². The molecule has 4 rings (SSSR count). The SMILES string of the molecule is CNC(=O)c1ccc(CN(C(=O)c2ccc(CSc3ccc(Cl)cc3)cc2)C2CC2)cc1. The van der Waals surface area contributed by atoms with Crippen LogP contribution in [0.3, 0.4) is 0 Å². The minimum absolute atomic E-state index is 0.0554. The Balaban J connectivity index is 1.39. The van der Waals surface area contributed by atoms with Gasteiger partial charge < -0.3 is 10.2 Å². The van der Waals surface area contributed by atoms with Crippen LogP contribution >= 0.6 is 23.4 Å². The number of nitrogens with one attached hydrogen (secondary N) is 1. The van der Waals surface area contributed by atoms with E-state index in [4.69, 9.17) is 11.6 Å². The zero-order chi connectivity index (χ0) is 22.5. The van der Waals surface area contributed by atoms with Crippen molar-refractivity contribution in [2.24, 2.45) is 0 Å². The molecule has 6 heteroatoms. The number of amides is 2. The van der Waals surface area contributed by atoms with Gasteiger partial charge in [-0.15, -0.1) is 11.8 Å². The highest BCUT2D eigenvalue weighted by molar-refractivity contribution is 7.98. The molecule has 0 unspecified atom stereocenters. The van der Waals surface area contributed by atoms with Gasteiger partial charge in [0.2, 0.25) is 0 Å². The van der Waals surface area contributed by atoms with Crippen molar-refractivity contribution in [3.8, 4) is 0 Å². The summed E-state index contributed by atoms with van der Waals surface area (Å²) in [4.78, 5) is 28.1. The van der Waals surface area contributed by atoms with Crippen molar-refractivity contribution in [3.05, 3.63) is 100 Å². The van der Waals surface area contributed by atoms with Crippen LogP contribution in [0.25, 0.3) is 0 Å². The summed E-state index contributed by atoms with van der Waals surface area (Å²) >= 11 is 7.69. The largest absolute Gasteiger partial charge is 0.355 e. The Kier molecular flexibility index (Phi) is 7.18. The van der Waals surface area contributed by atoms with E-state index in [9.17, 15) is 9.59 Å². The van der Waals surface area contributed by atoms with Gasteiger partial charge in [-0.1, -0.05) is 35.9 Å². The molecule has 0 aromatic heterocycles. The maximum atomic E-state index is 13.2. The Morgan fingerprint density at radius 2 is 1.50 bits per heavy atom. The van der Waals surface area contributed by atoms with Crippen LogP contribution in [-0.4, -0.2) is 29.8 Å². The first-order chi connectivity index (χ1) is 15.5. The van der Waals surface area contributed by atoms with E-state index in [1.165, 1.54) is 5.56 Å². The molecule has 0 heterocycles. The van der Waals surface area contributed by atoms with E-state index in [0.29, 0.717) is 23.7 Å². The van der Waals surface area contributed by atoms with Crippen LogP contribution < -0.4 is 5.32 Å². The van der Waals surface area contributed by atoms with Crippen LogP contribution in [0.2, 0.25) is 5.02 Å². The van der Waals surface area contributed by atoms with Crippen molar-refractivity contribution < 1.29 is 9.59 Å². The molecule has 2 amide bonds. The van der Waals surface area contributed by atoms with Crippen LogP contribution in [0, 0.1) is 0 Å². The lowest BCUT2D eigenvalue weighted by Gasteiger charge is -2.23. The predicted octanol–water partition coefficient (Wildman–Crippen LogP) is 5.80. The third-order valence-corrected chi connectivity index (χ3v) is 6.80. The normalized spacial score (nSPS) is 12.9. The fraction of sp³-hybridized carbons (Fsp3) is 0.231. The van der Waals surface area contributed by atoms with Gasteiger partial charge in [-0.2, -0.15) is 0 Å². The zero-order valence-corrected chi connectivity index (χ0v) is 19.5. The highest BCUT2D eigenvalue weighted by Gasteiger charge is 2.33. The molecule has 1 fully saturated rings. The van der Waals surface area contributed by atoms with Gasteiger partial charge in [0.1, 0.15) is 0 Å². The minimum atomic E-state index is -0.110. The van der Waals surface area contributed by atoms with Crippen LogP contribution in [0.1, 0.15) is 44.7 Å². The molecule has 1 N–H and O–H groups in total. The second kappa shape index (κ2) is 10.2. The molecule has 1 aliphatic carbocycles. The van der Waals surface area contributed by atoms with Crippen molar-refractivity contribution in [2.45, 2.75) is 36.1 Å². The Hall–Kier alpha value is -2.76. The number of thioether (sulfide) groups is 1. The number of benzene rings is 3. The van der Waals surface area contributed by atoms with Gasteiger partial charge in [0.05, 0.1) is 0 Å². The Labute approximate surface area is 198 Å². The summed E-state index contributed by atoms with van der Waals surface area (Å²) in [6.45, 7) is 0.547. The molecule has 0 atom stereocenters. The smallest absolute Gasteiger partial charge is 0.254 e. The van der Waals surface area contributed by atoms with Gasteiger partial charge in [0.15, 0.2) is 0 Å². The number of carbonyl (C=O) groups is 2. The number of nitrogens with zero attached hydrogens (tertiary/aromatic N) is 1. The molecule has 3 aromatic carbocycles. The van der Waals surface area contributed by atoms with Crippen LogP contribution in [0.5, 0.6) is 0 Å². The third-order valence-electron chi connectivity index (χ3n) is 5.46. The molecule has 32 heavy (non-hydrogen) atoms. The first-order valence-corrected chi connectivity index (χ1v) is 12.0. The Morgan fingerprint density at radius 1 is 0.906 bits per heavy atom. The van der Waals surface area contributed by atoms with Crippen molar-refractivity contribution in [3.63, 3.8) is 0 Å². The van der Waals surface area contributed by atoms with Gasteiger partial charge >= 0.3 is 0 Å². The summed E-state index contributed by atoms with van der Waals surface area (Å²) in [6, 6.07) is 23.4. The van der Waals surface area contributed by atoms with Gasteiger partial charge in [-0.05, 0) is 72.5 Å². The number of hydrogen-bond acceptors (Lipinski definition) is 3. The summed E-state index contributed by atoms with van der Waals surface area (Å²) in [5.41, 5.74) is 3.52. The molecule has 0 spiro atoms. The van der Waals surface area contributed by atoms with Gasteiger partial charge in [0, 0.05) is 46.4 Å². The molecule has 0 aliphatic heterocycles. The number of carbonyl (C=O) groups excluding carboxylic acids is 2. The van der Waals surface area contributed by atoms with Crippen molar-refractivity contribution >= 4 is 35.2 Å². The Morgan fingerprint density at radius 3 is 2.09 bits per heavy atom. The minimum Gasteiger partial charge on any atom is -0.355 e. The van der Waals surface area contributed by atoms with E-state index in [2.05, 4.69) is 5.32 Å². The lowest BCUT2D eigenvalue weighted by molar-refractivity contribution is 0.0729. The third kappa shape index (κ3) is 5.72. The van der Waals surface area contributed by atoms with E-state index in [1.807, 2.05) is 65.6 Å². The molecule has 4 nitrogen and oxygen atoms in total. The summed E-state index contributed by atoms with van der Waals surface area (Å²) in [7, 11) is 1.62. The van der Waals surface area contributed by atoms with E-state index < -0.39 is 0 Å². The van der Waals surface area contributed by atoms with Crippen LogP contribution in [-0.2, 0) is 12.3 Å². The van der Waals surface area contributed by atoms with Crippen molar-refractivity contribution in [2.75, 3.05) is 7.05 Å². The summed E-state index contributed by atoms with van der Waals surface area (Å²) in [5, 5.41) is 3.36. The first kappa shape index (κ1) is 22.4. The molecular formula is C26H25ClN2O2S. The van der Waals surface area contributed by atoms with E-state index in [-0.39, 0.29) is 11.8 Å². The van der Waals surface area contributed by atoms with E-state index >= 15 is 0 Å². The molecule has 1 saturated carbocycles. The average Bonchev–Trinajstić information content (AvgIpc) is 3.67. The highest BCUT2D eigenvalue weighted by Crippen LogP contribution is 2.30. The molecule has 0 bridgehead atoms. The molecular weight excluding hydrogens is 440 g/mol. The molecule has 0 saturated heterocycles. The fourth-order valence-electron chi connectivity index (χ4n) is 3.46. The molecule has 3 aromatic rings. The predicted molar refractivity (Wildman–Crippen MR) is 130 cm³/mol. The van der Waals surface area contributed by atoms with Gasteiger partial charge in [-0.25, -0.2) is 0 Å². The van der Waals surface area contributed by atoms with Crippen molar-refractivity contribution in [1.29, 1.82) is 0 Å². The lowest BCUT2D eigenvalue weighted by Crippen LogP contribution is -2.32. The average molecular weight is 465 g/mol. The standard InChI is InChI=1S/C26H25ClN2O2S/c1-28-25(30)20-6-2-18(3-7-20)16-29(23-12-13-23)26(31)21-8-4-19(5-9-21)17-32-24-14-10-22(27)11-15-24/h2-11,14-15,23H,12-13,16-17H2,1H3,(H,28,30). The highest BCUT2D eigenvalue weighted by atomic mass is 35.5. The van der Waals surface area contributed by atoms with Crippen molar-refractivity contribution in [1.82, 2.24) is 10.2 Å². The molecule has 0 radical (unpaired) electrons. The summed E-state index contributed by atoms with van der Waals surface area (Å²) in [6.07, 6.45) is 2.08. The maximum absolute atomic E-state index is 13.2. The summed E-state index contributed by atoms with van der Waals surface area (Å²) < 4.78 is 0. The topological polar surface area (TPSA) is 49.4 Å². The monoisotopic (exact) mass is 464 g/mol. The first-order valence-electron chi connectivity index (χ1n) is 10.6. The maximum Gasteiger partial charge on any atom is 0.254 e. The summed E-state index contributed by atoms with van der Waals surface area (Å²) in [5.74, 6) is 0.779. The second-order valence-electron chi connectivity index (χ2n) is 7.88. The molecule has 1 aliphatic rings. The van der Waals surface area contributed by atoms with Gasteiger partial charge in [0.25, 0.3) is 11.8 Å². The van der Waals surface area contributed by atoms with Crippen LogP contribution in [0.4, 0.5) is 0 Å². The van der Waals surface area contributed by atoms with Gasteiger partial charge in [-0.3, -0.25) is 9.59 Å².